The molecule has 1 amide bonds. The average molecular weight is 409 g/mol. The molecule has 5 nitrogen and oxygen atoms in total. The Balaban J connectivity index is 1.81. The molecule has 0 aliphatic carbocycles. The Morgan fingerprint density at radius 1 is 1.10 bits per heavy atom. The van der Waals surface area contributed by atoms with Gasteiger partial charge in [0.2, 0.25) is 0 Å². The summed E-state index contributed by atoms with van der Waals surface area (Å²) in [7, 11) is 3.82. The van der Waals surface area contributed by atoms with Gasteiger partial charge in [-0.1, -0.05) is 54.6 Å². The van der Waals surface area contributed by atoms with E-state index in [9.17, 15) is 9.90 Å². The molecule has 0 aromatic heterocycles. The minimum Gasteiger partial charge on any atom is -0.444 e. The third-order valence-corrected chi connectivity index (χ3v) is 5.02. The van der Waals surface area contributed by atoms with Gasteiger partial charge in [0.25, 0.3) is 0 Å². The van der Waals surface area contributed by atoms with Crippen molar-refractivity contribution in [3.63, 3.8) is 0 Å². The number of nitrogens with zero attached hydrogens (tertiary/aromatic N) is 2. The lowest BCUT2D eigenvalue weighted by atomic mass is 9.99. The lowest BCUT2D eigenvalue weighted by Crippen LogP contribution is -2.45. The fraction of sp³-hybridized carbons (Fsp3) is 0.400. The van der Waals surface area contributed by atoms with Gasteiger partial charge in [0, 0.05) is 26.3 Å². The number of carbonyl (C=O) groups is 1. The normalized spacial score (nSPS) is 20.5. The zero-order valence-electron chi connectivity index (χ0n) is 18.5. The molecule has 1 unspecified atom stereocenters. The highest BCUT2D eigenvalue weighted by Gasteiger charge is 2.41. The molecule has 0 radical (unpaired) electrons. The number of hydrogen-bond donors (Lipinski definition) is 1. The second-order valence-electron chi connectivity index (χ2n) is 9.05. The summed E-state index contributed by atoms with van der Waals surface area (Å²) in [4.78, 5) is 16.2. The highest BCUT2D eigenvalue weighted by atomic mass is 16.6. The minimum absolute atomic E-state index is 0.163. The van der Waals surface area contributed by atoms with E-state index in [4.69, 9.17) is 4.74 Å². The van der Waals surface area contributed by atoms with Crippen LogP contribution in [0, 0.1) is 0 Å². The van der Waals surface area contributed by atoms with Gasteiger partial charge in [0.1, 0.15) is 5.60 Å². The molecule has 30 heavy (non-hydrogen) atoms. The maximum atomic E-state index is 12.8. The molecule has 160 valence electrons. The first-order chi connectivity index (χ1) is 14.1. The fourth-order valence-corrected chi connectivity index (χ4v) is 3.78. The second kappa shape index (κ2) is 8.92. The maximum Gasteiger partial charge on any atom is 0.412 e. The van der Waals surface area contributed by atoms with Crippen LogP contribution in [0.15, 0.2) is 66.4 Å². The van der Waals surface area contributed by atoms with Crippen molar-refractivity contribution in [2.75, 3.05) is 14.1 Å². The first-order valence-electron chi connectivity index (χ1n) is 10.3. The first-order valence-corrected chi connectivity index (χ1v) is 10.3. The number of amides is 1. The summed E-state index contributed by atoms with van der Waals surface area (Å²) in [6.07, 6.45) is 1.69. The minimum atomic E-state index is -0.976. The van der Waals surface area contributed by atoms with Gasteiger partial charge in [-0.2, -0.15) is 0 Å². The van der Waals surface area contributed by atoms with Crippen LogP contribution in [0.1, 0.15) is 32.8 Å². The molecule has 1 N–H and O–H groups in total. The Bertz CT molecular complexity index is 883. The van der Waals surface area contributed by atoms with Gasteiger partial charge in [-0.3, -0.25) is 4.90 Å². The van der Waals surface area contributed by atoms with Crippen molar-refractivity contribution in [2.24, 2.45) is 0 Å². The van der Waals surface area contributed by atoms with Crippen LogP contribution in [0.4, 0.5) is 4.79 Å². The Kier molecular flexibility index (Phi) is 6.52. The number of rotatable bonds is 4. The predicted octanol–water partition coefficient (Wildman–Crippen LogP) is 4.67. The van der Waals surface area contributed by atoms with Crippen LogP contribution in [-0.4, -0.2) is 53.0 Å². The van der Waals surface area contributed by atoms with Crippen molar-refractivity contribution in [3.05, 3.63) is 71.9 Å². The van der Waals surface area contributed by atoms with Crippen molar-refractivity contribution in [1.82, 2.24) is 9.80 Å². The zero-order valence-corrected chi connectivity index (χ0v) is 18.5. The molecule has 3 rings (SSSR count). The van der Waals surface area contributed by atoms with Crippen molar-refractivity contribution >= 4 is 6.09 Å². The van der Waals surface area contributed by atoms with E-state index in [0.29, 0.717) is 12.8 Å². The molecule has 1 fully saturated rings. The van der Waals surface area contributed by atoms with E-state index in [2.05, 4.69) is 36.4 Å². The predicted molar refractivity (Wildman–Crippen MR) is 120 cm³/mol. The Morgan fingerprint density at radius 3 is 2.27 bits per heavy atom. The lowest BCUT2D eigenvalue weighted by Gasteiger charge is -2.30. The summed E-state index contributed by atoms with van der Waals surface area (Å²) in [5.41, 5.74) is 3.64. The van der Waals surface area contributed by atoms with Gasteiger partial charge < -0.3 is 14.7 Å². The Morgan fingerprint density at radius 2 is 1.70 bits per heavy atom. The third kappa shape index (κ3) is 5.42. The Hall–Kier alpha value is -2.79. The van der Waals surface area contributed by atoms with Crippen molar-refractivity contribution in [3.8, 4) is 11.1 Å². The van der Waals surface area contributed by atoms with Gasteiger partial charge in [-0.05, 0) is 55.9 Å². The second-order valence-corrected chi connectivity index (χ2v) is 9.05. The number of aliphatic hydroxyl groups excluding tert-OH is 1. The SMILES string of the molecule is CN(C)/C=C1\C[C@@H](Cc2ccc(-c3ccccc3)cc2)N(C(=O)OC(C)(C)C)C1O. The highest BCUT2D eigenvalue weighted by molar-refractivity contribution is 5.70. The molecule has 0 saturated carbocycles. The molecule has 2 atom stereocenters. The average Bonchev–Trinajstić information content (AvgIpc) is 2.96. The van der Waals surface area contributed by atoms with Crippen molar-refractivity contribution in [1.29, 1.82) is 0 Å². The van der Waals surface area contributed by atoms with Crippen molar-refractivity contribution < 1.29 is 14.6 Å². The lowest BCUT2D eigenvalue weighted by molar-refractivity contribution is -0.0171. The number of carbonyl (C=O) groups excluding carboxylic acids is 1. The number of ether oxygens (including phenoxy) is 1. The topological polar surface area (TPSA) is 53.0 Å². The van der Waals surface area contributed by atoms with E-state index < -0.39 is 17.9 Å². The van der Waals surface area contributed by atoms with E-state index in [1.807, 2.05) is 64.2 Å². The van der Waals surface area contributed by atoms with Crippen LogP contribution < -0.4 is 0 Å². The largest absolute Gasteiger partial charge is 0.444 e. The molecular weight excluding hydrogens is 376 g/mol. The molecule has 2 aromatic carbocycles. The van der Waals surface area contributed by atoms with Gasteiger partial charge in [-0.15, -0.1) is 0 Å². The maximum absolute atomic E-state index is 12.8. The molecule has 1 aliphatic rings. The van der Waals surface area contributed by atoms with Crippen LogP contribution >= 0.6 is 0 Å². The van der Waals surface area contributed by atoms with Gasteiger partial charge in [0.05, 0.1) is 0 Å². The number of benzene rings is 2. The first kappa shape index (κ1) is 21.9. The fourth-order valence-electron chi connectivity index (χ4n) is 3.78. The van der Waals surface area contributed by atoms with Crippen LogP contribution in [-0.2, 0) is 11.2 Å². The molecule has 2 aromatic rings. The van der Waals surface area contributed by atoms with E-state index in [0.717, 1.165) is 16.7 Å². The Labute approximate surface area is 179 Å². The monoisotopic (exact) mass is 408 g/mol. The number of likely N-dealkylation sites (tertiary alicyclic amines) is 1. The quantitative estimate of drug-likeness (QED) is 0.799. The molecule has 1 heterocycles. The van der Waals surface area contributed by atoms with Crippen LogP contribution in [0.25, 0.3) is 11.1 Å². The summed E-state index contributed by atoms with van der Waals surface area (Å²) in [6, 6.07) is 18.5. The standard InChI is InChI=1S/C25H32N2O3/c1-25(2,3)30-24(29)27-22(16-21(23(27)28)17-26(4)5)15-18-11-13-20(14-12-18)19-9-7-6-8-10-19/h6-14,17,22-23,28H,15-16H2,1-5H3/b21-17+/t22-,23?/m1/s1. The summed E-state index contributed by atoms with van der Waals surface area (Å²) in [5.74, 6) is 0. The number of aliphatic hydroxyl groups is 1. The van der Waals surface area contributed by atoms with E-state index in [1.165, 1.54) is 10.5 Å². The third-order valence-electron chi connectivity index (χ3n) is 5.02. The number of hydrogen-bond acceptors (Lipinski definition) is 4. The summed E-state index contributed by atoms with van der Waals surface area (Å²) in [5, 5.41) is 10.8. The van der Waals surface area contributed by atoms with Gasteiger partial charge in [-0.25, -0.2) is 4.79 Å². The van der Waals surface area contributed by atoms with Gasteiger partial charge in [0.15, 0.2) is 6.23 Å². The van der Waals surface area contributed by atoms with Crippen LogP contribution in [0.3, 0.4) is 0 Å². The summed E-state index contributed by atoms with van der Waals surface area (Å²) < 4.78 is 5.58. The molecule has 0 bridgehead atoms. The van der Waals surface area contributed by atoms with Gasteiger partial charge >= 0.3 is 6.09 Å². The van der Waals surface area contributed by atoms with E-state index >= 15 is 0 Å². The molecule has 1 saturated heterocycles. The zero-order chi connectivity index (χ0) is 21.9. The summed E-state index contributed by atoms with van der Waals surface area (Å²) in [6.45, 7) is 5.50. The highest BCUT2D eigenvalue weighted by Crippen LogP contribution is 2.32. The van der Waals surface area contributed by atoms with E-state index in [1.54, 1.807) is 0 Å². The molecule has 1 aliphatic heterocycles. The van der Waals surface area contributed by atoms with Crippen LogP contribution in [0.5, 0.6) is 0 Å². The molecular formula is C25H32N2O3. The molecule has 5 heteroatoms. The molecule has 0 spiro atoms. The summed E-state index contributed by atoms with van der Waals surface area (Å²) >= 11 is 0. The van der Waals surface area contributed by atoms with Crippen LogP contribution in [0.2, 0.25) is 0 Å². The smallest absolute Gasteiger partial charge is 0.412 e. The van der Waals surface area contributed by atoms with E-state index in [-0.39, 0.29) is 6.04 Å². The van der Waals surface area contributed by atoms with Crippen molar-refractivity contribution in [2.45, 2.75) is 51.5 Å².